The fraction of sp³-hybridized carbons (Fsp3) is 0.571. The topological polar surface area (TPSA) is 21.3 Å². The molecule has 3 atom stereocenters. The molecule has 0 heterocycles. The summed E-state index contributed by atoms with van der Waals surface area (Å²) >= 11 is 0. The highest BCUT2D eigenvalue weighted by atomic mass is 16.5. The van der Waals surface area contributed by atoms with Crippen LogP contribution in [-0.4, -0.2) is 25.8 Å². The van der Waals surface area contributed by atoms with Crippen LogP contribution in [0.1, 0.15) is 32.3 Å². The molecule has 0 aliphatic heterocycles. The van der Waals surface area contributed by atoms with Crippen molar-refractivity contribution in [3.05, 3.63) is 35.9 Å². The first-order valence-corrected chi connectivity index (χ1v) is 5.96. The molecule has 1 aromatic rings. The summed E-state index contributed by atoms with van der Waals surface area (Å²) in [5, 5.41) is 3.51. The van der Waals surface area contributed by atoms with Crippen LogP contribution in [-0.2, 0) is 4.74 Å². The van der Waals surface area contributed by atoms with Crippen molar-refractivity contribution in [1.29, 1.82) is 0 Å². The smallest absolute Gasteiger partial charge is 0.0693 e. The average molecular weight is 221 g/mol. The van der Waals surface area contributed by atoms with Crippen LogP contribution >= 0.6 is 0 Å². The molecule has 0 saturated carbocycles. The standard InChI is InChI=1S/C14H23NO/c1-11(14-8-6-5-7-9-14)10-15-12(2)13(3)16-4/h5-9,11-13,15H,10H2,1-4H3/t11-,12+,13-/m1/s1. The molecule has 0 fully saturated rings. The summed E-state index contributed by atoms with van der Waals surface area (Å²) in [5.41, 5.74) is 1.38. The third kappa shape index (κ3) is 3.95. The Balaban J connectivity index is 2.38. The van der Waals surface area contributed by atoms with E-state index < -0.39 is 0 Å². The lowest BCUT2D eigenvalue weighted by Gasteiger charge is -2.22. The van der Waals surface area contributed by atoms with Gasteiger partial charge in [-0.15, -0.1) is 0 Å². The van der Waals surface area contributed by atoms with Gasteiger partial charge in [0.15, 0.2) is 0 Å². The van der Waals surface area contributed by atoms with Crippen LogP contribution in [0.25, 0.3) is 0 Å². The van der Waals surface area contributed by atoms with Gasteiger partial charge in [-0.3, -0.25) is 0 Å². The van der Waals surface area contributed by atoms with Crippen LogP contribution in [0.3, 0.4) is 0 Å². The molecule has 0 saturated heterocycles. The molecule has 0 radical (unpaired) electrons. The Morgan fingerprint density at radius 3 is 2.31 bits per heavy atom. The van der Waals surface area contributed by atoms with Crippen molar-refractivity contribution in [3.63, 3.8) is 0 Å². The van der Waals surface area contributed by atoms with Crippen LogP contribution in [0, 0.1) is 0 Å². The van der Waals surface area contributed by atoms with Gasteiger partial charge < -0.3 is 10.1 Å². The molecule has 1 N–H and O–H groups in total. The average Bonchev–Trinajstić information content (AvgIpc) is 2.35. The highest BCUT2D eigenvalue weighted by Crippen LogP contribution is 2.13. The lowest BCUT2D eigenvalue weighted by atomic mass is 10.0. The second kappa shape index (κ2) is 6.66. The van der Waals surface area contributed by atoms with Crippen molar-refractivity contribution in [1.82, 2.24) is 5.32 Å². The van der Waals surface area contributed by atoms with Crippen molar-refractivity contribution in [2.24, 2.45) is 0 Å². The largest absolute Gasteiger partial charge is 0.380 e. The van der Waals surface area contributed by atoms with Gasteiger partial charge in [-0.1, -0.05) is 37.3 Å². The molecule has 0 unspecified atom stereocenters. The number of rotatable bonds is 6. The van der Waals surface area contributed by atoms with E-state index in [1.807, 2.05) is 0 Å². The Morgan fingerprint density at radius 2 is 1.75 bits per heavy atom. The quantitative estimate of drug-likeness (QED) is 0.797. The van der Waals surface area contributed by atoms with Crippen LogP contribution in [0.2, 0.25) is 0 Å². The van der Waals surface area contributed by atoms with Crippen LogP contribution in [0.5, 0.6) is 0 Å². The molecule has 90 valence electrons. The summed E-state index contributed by atoms with van der Waals surface area (Å²) < 4.78 is 5.29. The van der Waals surface area contributed by atoms with E-state index in [9.17, 15) is 0 Å². The van der Waals surface area contributed by atoms with Gasteiger partial charge in [0.05, 0.1) is 6.10 Å². The first-order valence-electron chi connectivity index (χ1n) is 5.96. The summed E-state index contributed by atoms with van der Waals surface area (Å²) in [6.45, 7) is 7.47. The van der Waals surface area contributed by atoms with Gasteiger partial charge >= 0.3 is 0 Å². The van der Waals surface area contributed by atoms with Crippen LogP contribution in [0.15, 0.2) is 30.3 Å². The molecular weight excluding hydrogens is 198 g/mol. The molecule has 1 rings (SSSR count). The monoisotopic (exact) mass is 221 g/mol. The molecule has 16 heavy (non-hydrogen) atoms. The fourth-order valence-electron chi connectivity index (χ4n) is 1.63. The Hall–Kier alpha value is -0.860. The third-order valence-corrected chi connectivity index (χ3v) is 3.19. The van der Waals surface area contributed by atoms with Crippen LogP contribution in [0.4, 0.5) is 0 Å². The maximum absolute atomic E-state index is 5.29. The SMILES string of the molecule is CO[C@H](C)[C@H](C)NC[C@@H](C)c1ccccc1. The van der Waals surface area contributed by atoms with Gasteiger partial charge in [0.1, 0.15) is 0 Å². The van der Waals surface area contributed by atoms with E-state index in [1.54, 1.807) is 7.11 Å². The van der Waals surface area contributed by atoms with E-state index >= 15 is 0 Å². The molecule has 1 aromatic carbocycles. The highest BCUT2D eigenvalue weighted by Gasteiger charge is 2.12. The Morgan fingerprint density at radius 1 is 1.12 bits per heavy atom. The molecule has 0 aromatic heterocycles. The van der Waals surface area contributed by atoms with Gasteiger partial charge in [0.2, 0.25) is 0 Å². The van der Waals surface area contributed by atoms with Gasteiger partial charge in [-0.05, 0) is 25.3 Å². The van der Waals surface area contributed by atoms with Crippen molar-refractivity contribution >= 4 is 0 Å². The van der Waals surface area contributed by atoms with E-state index in [0.717, 1.165) is 6.54 Å². The number of nitrogens with one attached hydrogen (secondary N) is 1. The van der Waals surface area contributed by atoms with Gasteiger partial charge in [-0.25, -0.2) is 0 Å². The number of ether oxygens (including phenoxy) is 1. The van der Waals surface area contributed by atoms with E-state index in [0.29, 0.717) is 12.0 Å². The van der Waals surface area contributed by atoms with Crippen molar-refractivity contribution in [3.8, 4) is 0 Å². The lowest BCUT2D eigenvalue weighted by molar-refractivity contribution is 0.0884. The maximum Gasteiger partial charge on any atom is 0.0693 e. The second-order valence-corrected chi connectivity index (χ2v) is 4.45. The Labute approximate surface area is 99.0 Å². The maximum atomic E-state index is 5.29. The Bertz CT molecular complexity index is 286. The van der Waals surface area contributed by atoms with E-state index in [1.165, 1.54) is 5.56 Å². The fourth-order valence-corrected chi connectivity index (χ4v) is 1.63. The molecule has 0 bridgehead atoms. The van der Waals surface area contributed by atoms with Crippen molar-refractivity contribution in [2.75, 3.05) is 13.7 Å². The zero-order chi connectivity index (χ0) is 12.0. The molecule has 0 spiro atoms. The summed E-state index contributed by atoms with van der Waals surface area (Å²) in [7, 11) is 1.75. The molecular formula is C14H23NO. The van der Waals surface area contributed by atoms with E-state index in [2.05, 4.69) is 56.4 Å². The molecule has 2 nitrogen and oxygen atoms in total. The number of hydrogen-bond donors (Lipinski definition) is 1. The second-order valence-electron chi connectivity index (χ2n) is 4.45. The highest BCUT2D eigenvalue weighted by molar-refractivity contribution is 5.18. The summed E-state index contributed by atoms with van der Waals surface area (Å²) in [6.07, 6.45) is 0.253. The van der Waals surface area contributed by atoms with Gasteiger partial charge in [0, 0.05) is 19.7 Å². The molecule has 0 aliphatic carbocycles. The summed E-state index contributed by atoms with van der Waals surface area (Å²) in [5.74, 6) is 0.535. The van der Waals surface area contributed by atoms with Crippen LogP contribution < -0.4 is 5.32 Å². The normalized spacial score (nSPS) is 16.8. The minimum atomic E-state index is 0.253. The number of hydrogen-bond acceptors (Lipinski definition) is 2. The Kier molecular flexibility index (Phi) is 5.50. The van der Waals surface area contributed by atoms with Crippen molar-refractivity contribution in [2.45, 2.75) is 38.8 Å². The first-order chi connectivity index (χ1) is 7.65. The third-order valence-electron chi connectivity index (χ3n) is 3.19. The number of benzene rings is 1. The predicted octanol–water partition coefficient (Wildman–Crippen LogP) is 2.80. The minimum Gasteiger partial charge on any atom is -0.380 e. The predicted molar refractivity (Wildman–Crippen MR) is 68.8 cm³/mol. The van der Waals surface area contributed by atoms with E-state index in [-0.39, 0.29) is 6.10 Å². The number of methoxy groups -OCH3 is 1. The zero-order valence-electron chi connectivity index (χ0n) is 10.7. The van der Waals surface area contributed by atoms with Gasteiger partial charge in [-0.2, -0.15) is 0 Å². The lowest BCUT2D eigenvalue weighted by Crippen LogP contribution is -2.38. The first kappa shape index (κ1) is 13.2. The zero-order valence-corrected chi connectivity index (χ0v) is 10.7. The molecule has 2 heteroatoms. The summed E-state index contributed by atoms with van der Waals surface area (Å²) in [6, 6.07) is 11.0. The van der Waals surface area contributed by atoms with Crippen molar-refractivity contribution < 1.29 is 4.74 Å². The van der Waals surface area contributed by atoms with E-state index in [4.69, 9.17) is 4.74 Å². The minimum absolute atomic E-state index is 0.253. The molecule has 0 amide bonds. The molecule has 0 aliphatic rings. The summed E-state index contributed by atoms with van der Waals surface area (Å²) in [4.78, 5) is 0. The van der Waals surface area contributed by atoms with Gasteiger partial charge in [0.25, 0.3) is 0 Å².